The largest absolute Gasteiger partial charge is 0.457 e. The van der Waals surface area contributed by atoms with Crippen LogP contribution in [-0.4, -0.2) is 23.7 Å². The summed E-state index contributed by atoms with van der Waals surface area (Å²) in [6.45, 7) is 8.03. The van der Waals surface area contributed by atoms with E-state index in [4.69, 9.17) is 9.47 Å². The minimum absolute atomic E-state index is 0.298. The maximum Gasteiger partial charge on any atom is 0.279 e. The van der Waals surface area contributed by atoms with Gasteiger partial charge >= 0.3 is 0 Å². The second-order valence-corrected chi connectivity index (χ2v) is 8.51. The number of aromatic nitrogens is 1. The third kappa shape index (κ3) is 4.98. The van der Waals surface area contributed by atoms with Gasteiger partial charge in [-0.1, -0.05) is 35.6 Å². The fourth-order valence-corrected chi connectivity index (χ4v) is 4.53. The fraction of sp³-hybridized carbons (Fsp3) is 0.231. The van der Waals surface area contributed by atoms with Gasteiger partial charge in [0.05, 0.1) is 16.8 Å². The summed E-state index contributed by atoms with van der Waals surface area (Å²) in [5.41, 5.74) is 3.99. The van der Waals surface area contributed by atoms with Crippen LogP contribution in [0.4, 0.5) is 0 Å². The molecule has 5 nitrogen and oxygen atoms in total. The molecule has 0 N–H and O–H groups in total. The number of amides is 1. The molecular weight excluding hydrogens is 420 g/mol. The normalized spacial score (nSPS) is 11.8. The molecule has 0 bridgehead atoms. The van der Waals surface area contributed by atoms with Crippen LogP contribution in [-0.2, 0) is 11.3 Å². The highest BCUT2D eigenvalue weighted by atomic mass is 32.1. The molecule has 0 unspecified atom stereocenters. The molecule has 0 aliphatic carbocycles. The smallest absolute Gasteiger partial charge is 0.279 e. The van der Waals surface area contributed by atoms with Crippen LogP contribution >= 0.6 is 11.3 Å². The summed E-state index contributed by atoms with van der Waals surface area (Å²) in [5.74, 6) is 1.02. The zero-order valence-electron chi connectivity index (χ0n) is 18.5. The van der Waals surface area contributed by atoms with E-state index in [9.17, 15) is 4.79 Å². The predicted molar refractivity (Wildman–Crippen MR) is 129 cm³/mol. The van der Waals surface area contributed by atoms with Crippen molar-refractivity contribution in [2.24, 2.45) is 4.99 Å². The maximum absolute atomic E-state index is 13.1. The lowest BCUT2D eigenvalue weighted by molar-refractivity contribution is 0.0996. The molecule has 1 amide bonds. The summed E-state index contributed by atoms with van der Waals surface area (Å²) < 4.78 is 14.6. The minimum atomic E-state index is -0.298. The summed E-state index contributed by atoms with van der Waals surface area (Å²) in [4.78, 5) is 18.2. The van der Waals surface area contributed by atoms with Crippen molar-refractivity contribution in [2.45, 2.75) is 27.3 Å². The van der Waals surface area contributed by atoms with E-state index in [1.54, 1.807) is 12.1 Å². The molecule has 4 rings (SSSR count). The Hall–Kier alpha value is -3.22. The van der Waals surface area contributed by atoms with Gasteiger partial charge in [-0.05, 0) is 74.4 Å². The first kappa shape index (κ1) is 22.0. The van der Waals surface area contributed by atoms with Crippen molar-refractivity contribution in [3.8, 4) is 11.5 Å². The molecule has 0 radical (unpaired) electrons. The van der Waals surface area contributed by atoms with E-state index >= 15 is 0 Å². The molecule has 0 aliphatic heterocycles. The number of carbonyl (C=O) groups is 1. The van der Waals surface area contributed by atoms with Crippen molar-refractivity contribution in [3.63, 3.8) is 0 Å². The Morgan fingerprint density at radius 2 is 1.72 bits per heavy atom. The zero-order valence-corrected chi connectivity index (χ0v) is 19.3. The van der Waals surface area contributed by atoms with Gasteiger partial charge in [-0.15, -0.1) is 0 Å². The van der Waals surface area contributed by atoms with Crippen LogP contribution in [0.3, 0.4) is 0 Å². The number of fused-ring (bicyclic) bond motifs is 1. The second kappa shape index (κ2) is 9.94. The van der Waals surface area contributed by atoms with E-state index in [1.165, 1.54) is 22.5 Å². The number of thiazole rings is 1. The number of para-hydroxylation sites is 1. The highest BCUT2D eigenvalue weighted by molar-refractivity contribution is 7.16. The molecule has 0 saturated heterocycles. The Morgan fingerprint density at radius 3 is 2.50 bits per heavy atom. The molecule has 164 valence electrons. The second-order valence-electron chi connectivity index (χ2n) is 7.50. The number of aryl methyl sites for hydroxylation is 2. The molecule has 1 aromatic heterocycles. The quantitative estimate of drug-likeness (QED) is 0.333. The molecule has 0 fully saturated rings. The molecule has 4 aromatic rings. The number of benzene rings is 3. The molecule has 6 heteroatoms. The molecule has 0 aliphatic rings. The van der Waals surface area contributed by atoms with Crippen molar-refractivity contribution in [1.29, 1.82) is 0 Å². The third-order valence-corrected chi connectivity index (χ3v) is 6.26. The van der Waals surface area contributed by atoms with Crippen LogP contribution < -0.4 is 9.54 Å². The summed E-state index contributed by atoms with van der Waals surface area (Å²) in [6, 6.07) is 20.9. The Labute approximate surface area is 191 Å². The van der Waals surface area contributed by atoms with E-state index in [0.29, 0.717) is 35.9 Å². The zero-order chi connectivity index (χ0) is 22.5. The first-order valence-electron chi connectivity index (χ1n) is 10.7. The van der Waals surface area contributed by atoms with Crippen LogP contribution in [0.2, 0.25) is 0 Å². The molecule has 1 heterocycles. The lowest BCUT2D eigenvalue weighted by Gasteiger charge is -2.07. The van der Waals surface area contributed by atoms with Crippen molar-refractivity contribution in [3.05, 3.63) is 88.2 Å². The molecule has 32 heavy (non-hydrogen) atoms. The Kier molecular flexibility index (Phi) is 6.83. The number of hydrogen-bond acceptors (Lipinski definition) is 4. The van der Waals surface area contributed by atoms with Crippen molar-refractivity contribution < 1.29 is 14.3 Å². The summed E-state index contributed by atoms with van der Waals surface area (Å²) >= 11 is 1.52. The minimum Gasteiger partial charge on any atom is -0.457 e. The van der Waals surface area contributed by atoms with Gasteiger partial charge in [0.25, 0.3) is 5.91 Å². The third-order valence-electron chi connectivity index (χ3n) is 5.22. The van der Waals surface area contributed by atoms with Crippen molar-refractivity contribution in [2.75, 3.05) is 13.2 Å². The van der Waals surface area contributed by atoms with Crippen LogP contribution in [0.25, 0.3) is 10.2 Å². The SMILES string of the molecule is CCOCCn1c(=NC(=O)c2cccc(Oc3ccccc3)c2)sc2cc(C)c(C)cc21. The first-order valence-corrected chi connectivity index (χ1v) is 11.5. The molecule has 0 spiro atoms. The van der Waals surface area contributed by atoms with Gasteiger partial charge in [-0.3, -0.25) is 4.79 Å². The number of ether oxygens (including phenoxy) is 2. The summed E-state index contributed by atoms with van der Waals surface area (Å²) in [5, 5.41) is 0. The highest BCUT2D eigenvalue weighted by Gasteiger charge is 2.12. The van der Waals surface area contributed by atoms with Gasteiger partial charge in [-0.25, -0.2) is 0 Å². The van der Waals surface area contributed by atoms with Gasteiger partial charge < -0.3 is 14.0 Å². The van der Waals surface area contributed by atoms with Gasteiger partial charge in [0.2, 0.25) is 0 Å². The van der Waals surface area contributed by atoms with E-state index in [1.807, 2.05) is 49.4 Å². The lowest BCUT2D eigenvalue weighted by atomic mass is 10.1. The summed E-state index contributed by atoms with van der Waals surface area (Å²) in [6.07, 6.45) is 0. The van der Waals surface area contributed by atoms with E-state index in [-0.39, 0.29) is 5.91 Å². The van der Waals surface area contributed by atoms with E-state index < -0.39 is 0 Å². The van der Waals surface area contributed by atoms with Gasteiger partial charge in [0.1, 0.15) is 11.5 Å². The first-order chi connectivity index (χ1) is 15.5. The number of hydrogen-bond donors (Lipinski definition) is 0. The number of nitrogens with zero attached hydrogens (tertiary/aromatic N) is 2. The fourth-order valence-electron chi connectivity index (χ4n) is 3.39. The van der Waals surface area contributed by atoms with Gasteiger partial charge in [-0.2, -0.15) is 4.99 Å². The Balaban J connectivity index is 1.69. The number of rotatable bonds is 7. The average molecular weight is 447 g/mol. The van der Waals surface area contributed by atoms with Crippen molar-refractivity contribution in [1.82, 2.24) is 4.57 Å². The Morgan fingerprint density at radius 1 is 0.969 bits per heavy atom. The molecule has 0 atom stereocenters. The number of carbonyl (C=O) groups excluding carboxylic acids is 1. The van der Waals surface area contributed by atoms with Crippen LogP contribution in [0.15, 0.2) is 71.7 Å². The summed E-state index contributed by atoms with van der Waals surface area (Å²) in [7, 11) is 0. The topological polar surface area (TPSA) is 52.8 Å². The monoisotopic (exact) mass is 446 g/mol. The Bertz CT molecular complexity index is 1310. The van der Waals surface area contributed by atoms with Crippen LogP contribution in [0, 0.1) is 13.8 Å². The average Bonchev–Trinajstić information content (AvgIpc) is 3.11. The molecular formula is C26H26N2O3S. The maximum atomic E-state index is 13.1. The standard InChI is InChI=1S/C26H26N2O3S/c1-4-30-14-13-28-23-15-18(2)19(3)16-24(23)32-26(28)27-25(29)20-9-8-12-22(17-20)31-21-10-6-5-7-11-21/h5-12,15-17H,4,13-14H2,1-3H3. The molecule has 0 saturated carbocycles. The predicted octanol–water partition coefficient (Wildman–Crippen LogP) is 5.89. The van der Waals surface area contributed by atoms with E-state index in [0.717, 1.165) is 16.0 Å². The highest BCUT2D eigenvalue weighted by Crippen LogP contribution is 2.24. The van der Waals surface area contributed by atoms with Crippen LogP contribution in [0.5, 0.6) is 11.5 Å². The van der Waals surface area contributed by atoms with Crippen LogP contribution in [0.1, 0.15) is 28.4 Å². The van der Waals surface area contributed by atoms with Crippen molar-refractivity contribution >= 4 is 27.5 Å². The van der Waals surface area contributed by atoms with Gasteiger partial charge in [0.15, 0.2) is 4.80 Å². The van der Waals surface area contributed by atoms with Gasteiger partial charge in [0, 0.05) is 18.7 Å². The van der Waals surface area contributed by atoms with E-state index in [2.05, 4.69) is 35.5 Å². The molecule has 3 aromatic carbocycles. The lowest BCUT2D eigenvalue weighted by Crippen LogP contribution is -2.19.